The number of rotatable bonds is 8. The van der Waals surface area contributed by atoms with Crippen molar-refractivity contribution in [1.29, 1.82) is 0 Å². The van der Waals surface area contributed by atoms with E-state index in [9.17, 15) is 19.5 Å². The zero-order valence-electron chi connectivity index (χ0n) is 23.8. The number of cyclic esters (lactones) is 1. The average molecular weight is 614 g/mol. The van der Waals surface area contributed by atoms with Gasteiger partial charge in [0.05, 0.1) is 0 Å². The SMILES string of the molecule is CC[C@@]1(O)C(=O)OCc2c1cc1n(c2=O)Cc2c-1nc1ccccc1c2C[CH2][Ge]([CH3])([CH3])[CH2]CCn1ccccc1=O. The van der Waals surface area contributed by atoms with Crippen LogP contribution in [0, 0.1) is 0 Å². The van der Waals surface area contributed by atoms with Crippen LogP contribution in [-0.4, -0.2) is 38.5 Å². The van der Waals surface area contributed by atoms with Crippen LogP contribution in [0.5, 0.6) is 0 Å². The van der Waals surface area contributed by atoms with Crippen molar-refractivity contribution in [2.45, 2.75) is 73.5 Å². The van der Waals surface area contributed by atoms with Gasteiger partial charge in [0, 0.05) is 0 Å². The Labute approximate surface area is 241 Å². The average Bonchev–Trinajstić information content (AvgIpc) is 3.33. The molecule has 6 rings (SSSR count). The van der Waals surface area contributed by atoms with Crippen LogP contribution in [0.25, 0.3) is 22.3 Å². The topological polar surface area (TPSA) is 103 Å². The van der Waals surface area contributed by atoms with Crippen LogP contribution < -0.4 is 11.1 Å². The zero-order valence-corrected chi connectivity index (χ0v) is 25.9. The van der Waals surface area contributed by atoms with Crippen LogP contribution >= 0.6 is 0 Å². The van der Waals surface area contributed by atoms with Gasteiger partial charge in [-0.2, -0.15) is 0 Å². The molecule has 5 heterocycles. The molecule has 0 aliphatic carbocycles. The third-order valence-corrected chi connectivity index (χ3v) is 15.9. The minimum absolute atomic E-state index is 0.0430. The first-order valence-corrected chi connectivity index (χ1v) is 21.5. The molecule has 1 N–H and O–H groups in total. The summed E-state index contributed by atoms with van der Waals surface area (Å²) in [5.74, 6) is 4.19. The predicted octanol–water partition coefficient (Wildman–Crippen LogP) is 4.58. The molecule has 1 atom stereocenters. The maximum absolute atomic E-state index is 13.7. The minimum atomic E-state index is -2.19. The molecule has 0 fully saturated rings. The van der Waals surface area contributed by atoms with Gasteiger partial charge in [0.1, 0.15) is 0 Å². The molecule has 0 bridgehead atoms. The Balaban J connectivity index is 1.34. The van der Waals surface area contributed by atoms with E-state index in [1.807, 2.05) is 30.5 Å². The number of carbonyl (C=O) groups is 1. The van der Waals surface area contributed by atoms with Crippen molar-refractivity contribution in [3.05, 3.63) is 97.7 Å². The van der Waals surface area contributed by atoms with Crippen molar-refractivity contribution in [2.75, 3.05) is 0 Å². The second-order valence-electron chi connectivity index (χ2n) is 12.0. The Morgan fingerprint density at radius 3 is 2.61 bits per heavy atom. The van der Waals surface area contributed by atoms with Crippen LogP contribution in [0.2, 0.25) is 22.0 Å². The monoisotopic (exact) mass is 615 g/mol. The molecule has 0 amide bonds. The maximum atomic E-state index is 13.7. The number of esters is 1. The molecule has 41 heavy (non-hydrogen) atoms. The standard InChI is InChI=1S/C32H35GeN3O5/c1-4-32(40)25-18-27-29-23(19-36(27)30(38)24(25)20-41-31(32)39)21(22-10-5-6-11-26(22)34-29)13-15-33(2,3)14-9-17-35-16-8-7-12-28(35)37/h5-8,10-12,16,18,40H,4,9,13-15,17,19-20H2,1-3H3/t32-/m0/s1. The number of aliphatic hydroxyl groups is 1. The van der Waals surface area contributed by atoms with Crippen molar-refractivity contribution in [3.63, 3.8) is 0 Å². The van der Waals surface area contributed by atoms with Crippen LogP contribution in [-0.2, 0) is 41.2 Å². The summed E-state index contributed by atoms with van der Waals surface area (Å²) >= 11 is -2.19. The van der Waals surface area contributed by atoms with E-state index >= 15 is 0 Å². The first-order valence-electron chi connectivity index (χ1n) is 14.4. The molecular weight excluding hydrogens is 579 g/mol. The molecule has 3 aromatic heterocycles. The van der Waals surface area contributed by atoms with Gasteiger partial charge in [-0.15, -0.1) is 0 Å². The number of aryl methyl sites for hydroxylation is 2. The summed E-state index contributed by atoms with van der Waals surface area (Å²) in [5, 5.41) is 14.6. The predicted molar refractivity (Wildman–Crippen MR) is 161 cm³/mol. The molecule has 9 heteroatoms. The van der Waals surface area contributed by atoms with Gasteiger partial charge in [-0.05, 0) is 0 Å². The Hall–Kier alpha value is -3.50. The normalized spacial score (nSPS) is 17.7. The summed E-state index contributed by atoms with van der Waals surface area (Å²) < 4.78 is 8.73. The first-order chi connectivity index (χ1) is 19.6. The number of benzene rings is 1. The summed E-state index contributed by atoms with van der Waals surface area (Å²) in [6.07, 6.45) is 3.85. The van der Waals surface area contributed by atoms with E-state index < -0.39 is 24.8 Å². The van der Waals surface area contributed by atoms with Crippen molar-refractivity contribution in [2.24, 2.45) is 0 Å². The van der Waals surface area contributed by atoms with Gasteiger partial charge in [-0.25, -0.2) is 0 Å². The number of fused-ring (bicyclic) bond motifs is 5. The molecule has 0 spiro atoms. The molecule has 0 radical (unpaired) electrons. The number of nitrogens with zero attached hydrogens (tertiary/aromatic N) is 3. The van der Waals surface area contributed by atoms with E-state index in [4.69, 9.17) is 9.72 Å². The van der Waals surface area contributed by atoms with Gasteiger partial charge in [-0.3, -0.25) is 0 Å². The molecule has 2 aliphatic heterocycles. The third kappa shape index (κ3) is 4.76. The van der Waals surface area contributed by atoms with Crippen LogP contribution in [0.1, 0.15) is 42.0 Å². The molecule has 2 aliphatic rings. The summed E-state index contributed by atoms with van der Waals surface area (Å²) in [7, 11) is 0. The number of ether oxygens (including phenoxy) is 1. The number of carbonyl (C=O) groups excluding carboxylic acids is 1. The summed E-state index contributed by atoms with van der Waals surface area (Å²) in [6, 6.07) is 15.2. The van der Waals surface area contributed by atoms with Gasteiger partial charge in [0.15, 0.2) is 0 Å². The number of aromatic nitrogens is 3. The van der Waals surface area contributed by atoms with Crippen LogP contribution in [0.3, 0.4) is 0 Å². The molecule has 0 saturated heterocycles. The quantitative estimate of drug-likeness (QED) is 0.203. The second-order valence-corrected chi connectivity index (χ2v) is 23.2. The summed E-state index contributed by atoms with van der Waals surface area (Å²) in [4.78, 5) is 43.3. The van der Waals surface area contributed by atoms with Crippen LogP contribution in [0.15, 0.2) is 64.3 Å². The van der Waals surface area contributed by atoms with Gasteiger partial charge in [0.2, 0.25) is 0 Å². The third-order valence-electron chi connectivity index (χ3n) is 8.92. The van der Waals surface area contributed by atoms with Crippen LogP contribution in [0.4, 0.5) is 0 Å². The molecule has 1 aromatic carbocycles. The number of hydrogen-bond acceptors (Lipinski definition) is 6. The van der Waals surface area contributed by atoms with Crippen molar-refractivity contribution in [3.8, 4) is 11.4 Å². The molecule has 4 aromatic rings. The Kier molecular flexibility index (Phi) is 7.02. The molecule has 8 nitrogen and oxygen atoms in total. The Morgan fingerprint density at radius 2 is 1.83 bits per heavy atom. The Bertz CT molecular complexity index is 1810. The van der Waals surface area contributed by atoms with E-state index in [0.717, 1.165) is 52.1 Å². The van der Waals surface area contributed by atoms with Gasteiger partial charge >= 0.3 is 241 Å². The van der Waals surface area contributed by atoms with Crippen molar-refractivity contribution < 1.29 is 14.6 Å². The van der Waals surface area contributed by atoms with E-state index in [1.54, 1.807) is 34.3 Å². The van der Waals surface area contributed by atoms with E-state index in [1.165, 1.54) is 5.56 Å². The van der Waals surface area contributed by atoms with Gasteiger partial charge in [-0.1, -0.05) is 0 Å². The number of pyridine rings is 3. The fourth-order valence-electron chi connectivity index (χ4n) is 6.36. The zero-order chi connectivity index (χ0) is 28.9. The fraction of sp³-hybridized carbons (Fsp3) is 0.375. The number of para-hydroxylation sites is 1. The van der Waals surface area contributed by atoms with E-state index in [0.29, 0.717) is 23.4 Å². The molecule has 0 saturated carbocycles. The van der Waals surface area contributed by atoms with Crippen molar-refractivity contribution in [1.82, 2.24) is 14.1 Å². The first kappa shape index (κ1) is 27.7. The molecule has 0 unspecified atom stereocenters. The van der Waals surface area contributed by atoms with E-state index in [2.05, 4.69) is 17.6 Å². The fourth-order valence-corrected chi connectivity index (χ4v) is 11.2. The second kappa shape index (κ2) is 10.4. The summed E-state index contributed by atoms with van der Waals surface area (Å²) in [5.41, 5.74) is 3.19. The molecular formula is C32H35GeN3O5. The Morgan fingerprint density at radius 1 is 1.05 bits per heavy atom. The number of hydrogen-bond donors (Lipinski definition) is 1. The van der Waals surface area contributed by atoms with E-state index in [-0.39, 0.29) is 24.1 Å². The van der Waals surface area contributed by atoms with Crippen molar-refractivity contribution >= 4 is 30.1 Å². The molecule has 212 valence electrons. The van der Waals surface area contributed by atoms with Gasteiger partial charge in [0.25, 0.3) is 0 Å². The van der Waals surface area contributed by atoms with Gasteiger partial charge < -0.3 is 0 Å². The summed E-state index contributed by atoms with van der Waals surface area (Å²) in [6.45, 7) is 2.73.